The van der Waals surface area contributed by atoms with Crippen LogP contribution in [0.1, 0.15) is 18.9 Å². The molecule has 1 aromatic rings. The van der Waals surface area contributed by atoms with Crippen LogP contribution in [-0.4, -0.2) is 46.2 Å². The van der Waals surface area contributed by atoms with Crippen molar-refractivity contribution in [3.8, 4) is 0 Å². The number of ether oxygens (including phenoxy) is 1. The molecule has 0 aromatic heterocycles. The van der Waals surface area contributed by atoms with Crippen LogP contribution in [0, 0.1) is 0 Å². The molecule has 1 saturated heterocycles. The van der Waals surface area contributed by atoms with Gasteiger partial charge in [0.25, 0.3) is 0 Å². The van der Waals surface area contributed by atoms with Gasteiger partial charge >= 0.3 is 0 Å². The molecule has 1 fully saturated rings. The molecular formula is C16H21IN4O. The maximum absolute atomic E-state index is 5.53. The number of hydrogen-bond acceptors (Lipinski definition) is 5. The molecule has 0 aliphatic carbocycles. The number of rotatable bonds is 3. The Morgan fingerprint density at radius 3 is 2.91 bits per heavy atom. The van der Waals surface area contributed by atoms with Gasteiger partial charge in [-0.2, -0.15) is 0 Å². The van der Waals surface area contributed by atoms with E-state index in [1.807, 2.05) is 18.2 Å². The molecule has 1 unspecified atom stereocenters. The Morgan fingerprint density at radius 1 is 1.36 bits per heavy atom. The Balaban J connectivity index is 1.89. The molecule has 6 heteroatoms. The Kier molecular flexibility index (Phi) is 5.20. The van der Waals surface area contributed by atoms with Crippen molar-refractivity contribution in [2.24, 2.45) is 4.99 Å². The fraction of sp³-hybridized carbons (Fsp3) is 0.438. The molecule has 2 heterocycles. The van der Waals surface area contributed by atoms with Crippen molar-refractivity contribution in [1.82, 2.24) is 15.3 Å². The zero-order valence-electron chi connectivity index (χ0n) is 12.7. The Morgan fingerprint density at radius 2 is 2.18 bits per heavy atom. The molecule has 0 amide bonds. The lowest BCUT2D eigenvalue weighted by Gasteiger charge is -2.38. The lowest BCUT2D eigenvalue weighted by molar-refractivity contribution is 0.0577. The first-order chi connectivity index (χ1) is 10.8. The largest absolute Gasteiger partial charge is 0.377 e. The third-order valence-electron chi connectivity index (χ3n) is 3.62. The van der Waals surface area contributed by atoms with Crippen LogP contribution in [0.15, 0.2) is 41.5 Å². The second kappa shape index (κ2) is 7.32. The van der Waals surface area contributed by atoms with Gasteiger partial charge < -0.3 is 9.64 Å². The van der Waals surface area contributed by atoms with Gasteiger partial charge in [0.05, 0.1) is 18.9 Å². The van der Waals surface area contributed by atoms with E-state index in [0.29, 0.717) is 4.05 Å². The number of morpholine rings is 1. The number of nitrogens with one attached hydrogen (secondary N) is 1. The maximum atomic E-state index is 5.53. The van der Waals surface area contributed by atoms with Crippen LogP contribution in [0.3, 0.4) is 0 Å². The average Bonchev–Trinajstić information content (AvgIpc) is 2.56. The number of hydrogen-bond donors (Lipinski definition) is 1. The minimum Gasteiger partial charge on any atom is -0.377 e. The van der Waals surface area contributed by atoms with Gasteiger partial charge in [-0.1, -0.05) is 59.8 Å². The molecule has 5 nitrogen and oxygen atoms in total. The smallest absolute Gasteiger partial charge is 0.219 e. The fourth-order valence-electron chi connectivity index (χ4n) is 2.53. The van der Waals surface area contributed by atoms with Gasteiger partial charge in [-0.15, -0.1) is 0 Å². The normalized spacial score (nSPS) is 22.0. The zero-order chi connectivity index (χ0) is 15.4. The second-order valence-corrected chi connectivity index (χ2v) is 6.76. The first-order valence-corrected chi connectivity index (χ1v) is 8.90. The number of hydrazine groups is 1. The first-order valence-electron chi connectivity index (χ1n) is 7.65. The van der Waals surface area contributed by atoms with E-state index in [-0.39, 0.29) is 0 Å². The van der Waals surface area contributed by atoms with Crippen molar-refractivity contribution in [1.29, 1.82) is 0 Å². The van der Waals surface area contributed by atoms with Crippen molar-refractivity contribution >= 4 is 34.2 Å². The Hall–Kier alpha value is -1.28. The molecule has 0 saturated carbocycles. The van der Waals surface area contributed by atoms with E-state index >= 15 is 0 Å². The lowest BCUT2D eigenvalue weighted by Crippen LogP contribution is -2.55. The minimum atomic E-state index is 0.302. The third kappa shape index (κ3) is 3.55. The highest BCUT2D eigenvalue weighted by atomic mass is 127. The van der Waals surface area contributed by atoms with Gasteiger partial charge in [0.1, 0.15) is 4.05 Å². The molecule has 0 radical (unpaired) electrons. The summed E-state index contributed by atoms with van der Waals surface area (Å²) in [6.45, 7) is 5.48. The van der Waals surface area contributed by atoms with Crippen LogP contribution in [0.25, 0.3) is 5.70 Å². The SMILES string of the molecule is CCCN1C=C(c2ccccc2)N=C(N2CCOCC2I)N1. The van der Waals surface area contributed by atoms with Crippen LogP contribution in [-0.2, 0) is 4.74 Å². The van der Waals surface area contributed by atoms with Crippen molar-refractivity contribution < 1.29 is 4.74 Å². The topological polar surface area (TPSA) is 40.1 Å². The fourth-order valence-corrected chi connectivity index (χ4v) is 3.32. The quantitative estimate of drug-likeness (QED) is 0.471. The highest BCUT2D eigenvalue weighted by Crippen LogP contribution is 2.22. The molecule has 1 aromatic carbocycles. The molecule has 2 aliphatic rings. The van der Waals surface area contributed by atoms with Gasteiger partial charge in [-0.05, 0) is 6.42 Å². The lowest BCUT2D eigenvalue weighted by atomic mass is 10.1. The van der Waals surface area contributed by atoms with Gasteiger partial charge in [0, 0.05) is 24.9 Å². The minimum absolute atomic E-state index is 0.302. The summed E-state index contributed by atoms with van der Waals surface area (Å²) in [5.41, 5.74) is 5.56. The summed E-state index contributed by atoms with van der Waals surface area (Å²) < 4.78 is 5.83. The van der Waals surface area contributed by atoms with E-state index in [2.05, 4.69) is 63.2 Å². The third-order valence-corrected chi connectivity index (χ3v) is 4.66. The van der Waals surface area contributed by atoms with Crippen LogP contribution >= 0.6 is 22.6 Å². The molecule has 0 bridgehead atoms. The summed E-state index contributed by atoms with van der Waals surface area (Å²) in [6, 6.07) is 10.3. The van der Waals surface area contributed by atoms with E-state index < -0.39 is 0 Å². The first kappa shape index (κ1) is 15.6. The molecule has 0 spiro atoms. The Labute approximate surface area is 145 Å². The van der Waals surface area contributed by atoms with Crippen molar-refractivity contribution in [3.63, 3.8) is 0 Å². The predicted molar refractivity (Wildman–Crippen MR) is 97.3 cm³/mol. The molecule has 3 rings (SSSR count). The number of aliphatic imine (C=N–C) groups is 1. The summed E-state index contributed by atoms with van der Waals surface area (Å²) >= 11 is 2.41. The van der Waals surface area contributed by atoms with Crippen molar-refractivity contribution in [2.45, 2.75) is 17.4 Å². The molecule has 1 N–H and O–H groups in total. The molecule has 2 aliphatic heterocycles. The summed E-state index contributed by atoms with van der Waals surface area (Å²) in [5.74, 6) is 0.914. The van der Waals surface area contributed by atoms with Crippen molar-refractivity contribution in [3.05, 3.63) is 42.1 Å². The van der Waals surface area contributed by atoms with E-state index in [1.54, 1.807) is 0 Å². The predicted octanol–water partition coefficient (Wildman–Crippen LogP) is 2.66. The average molecular weight is 412 g/mol. The number of benzene rings is 1. The van der Waals surface area contributed by atoms with E-state index in [0.717, 1.165) is 49.9 Å². The van der Waals surface area contributed by atoms with Crippen molar-refractivity contribution in [2.75, 3.05) is 26.3 Å². The maximum Gasteiger partial charge on any atom is 0.219 e. The number of halogens is 1. The summed E-state index contributed by atoms with van der Waals surface area (Å²) in [4.78, 5) is 7.13. The number of guanidine groups is 1. The van der Waals surface area contributed by atoms with Gasteiger partial charge in [-0.25, -0.2) is 4.99 Å². The van der Waals surface area contributed by atoms with Crippen LogP contribution in [0.2, 0.25) is 0 Å². The summed E-state index contributed by atoms with van der Waals surface area (Å²) in [5, 5.41) is 2.13. The van der Waals surface area contributed by atoms with E-state index in [4.69, 9.17) is 9.73 Å². The van der Waals surface area contributed by atoms with E-state index in [9.17, 15) is 0 Å². The van der Waals surface area contributed by atoms with Crippen LogP contribution < -0.4 is 5.43 Å². The highest BCUT2D eigenvalue weighted by Gasteiger charge is 2.26. The zero-order valence-corrected chi connectivity index (χ0v) is 14.9. The molecule has 1 atom stereocenters. The van der Waals surface area contributed by atoms with Crippen LogP contribution in [0.4, 0.5) is 0 Å². The number of nitrogens with zero attached hydrogens (tertiary/aromatic N) is 3. The summed E-state index contributed by atoms with van der Waals surface area (Å²) in [6.07, 6.45) is 3.17. The monoisotopic (exact) mass is 412 g/mol. The van der Waals surface area contributed by atoms with Crippen LogP contribution in [0.5, 0.6) is 0 Å². The summed E-state index contributed by atoms with van der Waals surface area (Å²) in [7, 11) is 0. The molecule has 22 heavy (non-hydrogen) atoms. The second-order valence-electron chi connectivity index (χ2n) is 5.32. The molecular weight excluding hydrogens is 391 g/mol. The van der Waals surface area contributed by atoms with E-state index in [1.165, 1.54) is 0 Å². The highest BCUT2D eigenvalue weighted by molar-refractivity contribution is 14.1. The molecule has 118 valence electrons. The van der Waals surface area contributed by atoms with Gasteiger partial charge in [-0.3, -0.25) is 10.4 Å². The van der Waals surface area contributed by atoms with Gasteiger partial charge in [0.2, 0.25) is 5.96 Å². The number of alkyl halides is 1. The standard InChI is InChI=1S/C16H21IN4O/c1-2-8-20-11-14(13-6-4-3-5-7-13)18-16(19-20)21-9-10-22-12-15(21)17/h3-7,11,15H,2,8-10,12H2,1H3,(H,18,19). The Bertz CT molecular complexity index is 561. The van der Waals surface area contributed by atoms with Gasteiger partial charge in [0.15, 0.2) is 0 Å².